The quantitative estimate of drug-likeness (QED) is 0.850. The molecule has 3 rings (SSSR count). The molecule has 0 bridgehead atoms. The van der Waals surface area contributed by atoms with E-state index in [0.717, 1.165) is 44.0 Å². The number of rotatable bonds is 3. The minimum atomic E-state index is 0.953. The highest BCUT2D eigenvalue weighted by Gasteiger charge is 2.14. The number of nitrogens with zero attached hydrogens (tertiary/aromatic N) is 3. The third kappa shape index (κ3) is 3.24. The van der Waals surface area contributed by atoms with Crippen molar-refractivity contribution in [3.8, 4) is 11.1 Å². The molecule has 1 aromatic heterocycles. The van der Waals surface area contributed by atoms with E-state index >= 15 is 0 Å². The summed E-state index contributed by atoms with van der Waals surface area (Å²) in [4.78, 5) is 9.44. The summed E-state index contributed by atoms with van der Waals surface area (Å²) < 4.78 is 0. The maximum Gasteiger partial charge on any atom is 0.0544 e. The van der Waals surface area contributed by atoms with Crippen LogP contribution in [-0.4, -0.2) is 48.0 Å². The van der Waals surface area contributed by atoms with Gasteiger partial charge in [-0.3, -0.25) is 9.88 Å². The molecule has 2 aromatic rings. The molecule has 103 valence electrons. The van der Waals surface area contributed by atoms with Gasteiger partial charge in [0.1, 0.15) is 0 Å². The molecule has 1 saturated heterocycles. The molecular formula is C17H20N3. The highest BCUT2D eigenvalue weighted by Crippen LogP contribution is 2.18. The predicted molar refractivity (Wildman–Crippen MR) is 81.3 cm³/mol. The third-order valence-corrected chi connectivity index (χ3v) is 3.85. The van der Waals surface area contributed by atoms with Crippen molar-refractivity contribution in [2.24, 2.45) is 0 Å². The predicted octanol–water partition coefficient (Wildman–Crippen LogP) is 2.30. The van der Waals surface area contributed by atoms with E-state index in [1.54, 1.807) is 0 Å². The number of piperazine rings is 1. The summed E-state index contributed by atoms with van der Waals surface area (Å²) in [5.74, 6) is 0. The van der Waals surface area contributed by atoms with Crippen molar-refractivity contribution in [3.05, 3.63) is 54.4 Å². The van der Waals surface area contributed by atoms with Crippen LogP contribution in [0.3, 0.4) is 0 Å². The molecule has 2 heterocycles. The van der Waals surface area contributed by atoms with Crippen LogP contribution in [0.25, 0.3) is 11.1 Å². The minimum Gasteiger partial charge on any atom is -0.304 e. The van der Waals surface area contributed by atoms with Gasteiger partial charge in [-0.15, -0.1) is 0 Å². The van der Waals surface area contributed by atoms with Crippen LogP contribution in [0.15, 0.2) is 42.6 Å². The molecule has 0 aliphatic carbocycles. The van der Waals surface area contributed by atoms with Crippen molar-refractivity contribution in [3.63, 3.8) is 0 Å². The van der Waals surface area contributed by atoms with Crippen molar-refractivity contribution in [1.29, 1.82) is 0 Å². The first-order chi connectivity index (χ1) is 9.81. The number of pyridine rings is 1. The standard InChI is InChI=1S/C17H20N3/c1-19-9-11-20(12-10-19)14-17-8-7-16(13-18-17)15-5-3-2-4-6-15/h2-3,5-8,13H,9-12,14H2,1H3. The number of likely N-dealkylation sites (N-methyl/N-ethyl adjacent to an activating group) is 1. The summed E-state index contributed by atoms with van der Waals surface area (Å²) in [5.41, 5.74) is 3.48. The molecule has 1 aromatic carbocycles. The number of hydrogen-bond donors (Lipinski definition) is 0. The van der Waals surface area contributed by atoms with Gasteiger partial charge in [-0.25, -0.2) is 0 Å². The minimum absolute atomic E-state index is 0.953. The maximum atomic E-state index is 4.60. The molecular weight excluding hydrogens is 246 g/mol. The fraction of sp³-hybridized carbons (Fsp3) is 0.353. The Kier molecular flexibility index (Phi) is 4.09. The van der Waals surface area contributed by atoms with Crippen LogP contribution >= 0.6 is 0 Å². The SMILES string of the molecule is CN1CCN(Cc2ccc(-c3c[c]ccc3)cn2)CC1. The zero-order valence-electron chi connectivity index (χ0n) is 11.9. The molecule has 1 radical (unpaired) electrons. The van der Waals surface area contributed by atoms with Crippen LogP contribution in [0.5, 0.6) is 0 Å². The summed E-state index contributed by atoms with van der Waals surface area (Å²) in [7, 11) is 2.18. The van der Waals surface area contributed by atoms with Crippen molar-refractivity contribution < 1.29 is 0 Å². The first-order valence-electron chi connectivity index (χ1n) is 7.13. The van der Waals surface area contributed by atoms with Crippen LogP contribution in [0.4, 0.5) is 0 Å². The smallest absolute Gasteiger partial charge is 0.0544 e. The molecule has 0 unspecified atom stereocenters. The van der Waals surface area contributed by atoms with Gasteiger partial charge in [0.05, 0.1) is 5.69 Å². The molecule has 0 spiro atoms. The van der Waals surface area contributed by atoms with Crippen LogP contribution in [0, 0.1) is 6.07 Å². The summed E-state index contributed by atoms with van der Waals surface area (Å²) >= 11 is 0. The Morgan fingerprint density at radius 1 is 1.10 bits per heavy atom. The number of benzene rings is 1. The van der Waals surface area contributed by atoms with E-state index in [-0.39, 0.29) is 0 Å². The molecule has 1 aliphatic heterocycles. The average molecular weight is 266 g/mol. The van der Waals surface area contributed by atoms with Gasteiger partial charge in [-0.05, 0) is 30.8 Å². The van der Waals surface area contributed by atoms with Crippen LogP contribution in [-0.2, 0) is 6.54 Å². The normalized spacial score (nSPS) is 17.2. The summed E-state index contributed by atoms with van der Waals surface area (Å²) in [6.07, 6.45) is 1.97. The van der Waals surface area contributed by atoms with Gasteiger partial charge in [-0.2, -0.15) is 0 Å². The summed E-state index contributed by atoms with van der Waals surface area (Å²) in [6.45, 7) is 5.52. The summed E-state index contributed by atoms with van der Waals surface area (Å²) in [6, 6.07) is 15.4. The van der Waals surface area contributed by atoms with Gasteiger partial charge < -0.3 is 4.90 Å². The molecule has 3 heteroatoms. The fourth-order valence-electron chi connectivity index (χ4n) is 2.50. The Labute approximate surface area is 120 Å². The van der Waals surface area contributed by atoms with Crippen molar-refractivity contribution >= 4 is 0 Å². The molecule has 1 aliphatic rings. The lowest BCUT2D eigenvalue weighted by molar-refractivity contribution is 0.147. The van der Waals surface area contributed by atoms with E-state index in [4.69, 9.17) is 0 Å². The lowest BCUT2D eigenvalue weighted by Gasteiger charge is -2.32. The Balaban J connectivity index is 1.65. The lowest BCUT2D eigenvalue weighted by Crippen LogP contribution is -2.43. The van der Waals surface area contributed by atoms with Crippen molar-refractivity contribution in [2.45, 2.75) is 6.54 Å². The Morgan fingerprint density at radius 3 is 2.60 bits per heavy atom. The molecule has 0 atom stereocenters. The van der Waals surface area contributed by atoms with Gasteiger partial charge in [0, 0.05) is 44.5 Å². The molecule has 1 fully saturated rings. The third-order valence-electron chi connectivity index (χ3n) is 3.85. The second-order valence-corrected chi connectivity index (χ2v) is 5.41. The van der Waals surface area contributed by atoms with Gasteiger partial charge in [0.25, 0.3) is 0 Å². The van der Waals surface area contributed by atoms with E-state index in [0.29, 0.717) is 0 Å². The van der Waals surface area contributed by atoms with Crippen molar-refractivity contribution in [2.75, 3.05) is 33.2 Å². The van der Waals surface area contributed by atoms with E-state index in [1.807, 2.05) is 24.4 Å². The highest BCUT2D eigenvalue weighted by molar-refractivity contribution is 5.61. The number of aromatic nitrogens is 1. The average Bonchev–Trinajstić information content (AvgIpc) is 2.51. The highest BCUT2D eigenvalue weighted by atomic mass is 15.2. The van der Waals surface area contributed by atoms with E-state index < -0.39 is 0 Å². The van der Waals surface area contributed by atoms with E-state index in [9.17, 15) is 0 Å². The van der Waals surface area contributed by atoms with E-state index in [2.05, 4.69) is 46.1 Å². The second-order valence-electron chi connectivity index (χ2n) is 5.41. The Morgan fingerprint density at radius 2 is 1.95 bits per heavy atom. The lowest BCUT2D eigenvalue weighted by atomic mass is 10.1. The summed E-state index contributed by atoms with van der Waals surface area (Å²) in [5, 5.41) is 0. The Bertz CT molecular complexity index is 528. The second kappa shape index (κ2) is 6.16. The maximum absolute atomic E-state index is 4.60. The molecule has 3 nitrogen and oxygen atoms in total. The molecule has 20 heavy (non-hydrogen) atoms. The number of hydrogen-bond acceptors (Lipinski definition) is 3. The van der Waals surface area contributed by atoms with Crippen molar-refractivity contribution in [1.82, 2.24) is 14.8 Å². The topological polar surface area (TPSA) is 19.4 Å². The van der Waals surface area contributed by atoms with Crippen LogP contribution in [0.2, 0.25) is 0 Å². The van der Waals surface area contributed by atoms with Gasteiger partial charge in [0.2, 0.25) is 0 Å². The molecule has 0 N–H and O–H groups in total. The fourth-order valence-corrected chi connectivity index (χ4v) is 2.50. The van der Waals surface area contributed by atoms with Crippen LogP contribution < -0.4 is 0 Å². The zero-order chi connectivity index (χ0) is 13.8. The molecule has 0 saturated carbocycles. The van der Waals surface area contributed by atoms with Gasteiger partial charge in [-0.1, -0.05) is 24.3 Å². The monoisotopic (exact) mass is 266 g/mol. The molecule has 0 amide bonds. The first kappa shape index (κ1) is 13.3. The Hall–Kier alpha value is -1.71. The van der Waals surface area contributed by atoms with Crippen LogP contribution in [0.1, 0.15) is 5.69 Å². The largest absolute Gasteiger partial charge is 0.304 e. The van der Waals surface area contributed by atoms with Gasteiger partial charge >= 0.3 is 0 Å². The van der Waals surface area contributed by atoms with E-state index in [1.165, 1.54) is 5.56 Å². The first-order valence-corrected chi connectivity index (χ1v) is 7.13. The van der Waals surface area contributed by atoms with Gasteiger partial charge in [0.15, 0.2) is 0 Å². The zero-order valence-corrected chi connectivity index (χ0v) is 11.9.